The molecule has 36 heavy (non-hydrogen) atoms. The Balaban J connectivity index is 1.35. The number of hydrogen-bond donors (Lipinski definition) is 1. The highest BCUT2D eigenvalue weighted by atomic mass is 35.5. The molecule has 5 nitrogen and oxygen atoms in total. The third-order valence-corrected chi connectivity index (χ3v) is 7.25. The SMILES string of the molecule is CCC1CCN(Cc2cnc(C(O)(c3ccccc3)c3ccccc3)o2)CC1Oc1cccc(Cl)c1. The molecule has 2 atom stereocenters. The smallest absolute Gasteiger partial charge is 0.236 e. The van der Waals surface area contributed by atoms with Gasteiger partial charge in [-0.25, -0.2) is 4.98 Å². The van der Waals surface area contributed by atoms with E-state index in [4.69, 9.17) is 20.8 Å². The molecule has 6 heteroatoms. The molecule has 3 aromatic carbocycles. The van der Waals surface area contributed by atoms with Gasteiger partial charge in [0.1, 0.15) is 17.6 Å². The van der Waals surface area contributed by atoms with Crippen molar-refractivity contribution < 1.29 is 14.3 Å². The lowest BCUT2D eigenvalue weighted by molar-refractivity contribution is 0.0302. The lowest BCUT2D eigenvalue weighted by Gasteiger charge is -2.37. The summed E-state index contributed by atoms with van der Waals surface area (Å²) >= 11 is 6.17. The third kappa shape index (κ3) is 5.19. The first-order valence-corrected chi connectivity index (χ1v) is 12.9. The minimum Gasteiger partial charge on any atom is -0.489 e. The van der Waals surface area contributed by atoms with Gasteiger partial charge in [0.15, 0.2) is 5.60 Å². The van der Waals surface area contributed by atoms with Crippen molar-refractivity contribution in [3.63, 3.8) is 0 Å². The van der Waals surface area contributed by atoms with Crippen LogP contribution in [0.1, 0.15) is 42.5 Å². The van der Waals surface area contributed by atoms with Crippen LogP contribution in [0.15, 0.2) is 95.5 Å². The lowest BCUT2D eigenvalue weighted by atomic mass is 9.86. The van der Waals surface area contributed by atoms with Crippen molar-refractivity contribution in [2.75, 3.05) is 13.1 Å². The quantitative estimate of drug-likeness (QED) is 0.307. The summed E-state index contributed by atoms with van der Waals surface area (Å²) in [4.78, 5) is 6.87. The van der Waals surface area contributed by atoms with Crippen LogP contribution >= 0.6 is 11.6 Å². The largest absolute Gasteiger partial charge is 0.489 e. The van der Waals surface area contributed by atoms with Crippen molar-refractivity contribution in [2.24, 2.45) is 5.92 Å². The number of halogens is 1. The van der Waals surface area contributed by atoms with Gasteiger partial charge in [-0.1, -0.05) is 85.3 Å². The molecule has 1 aromatic heterocycles. The highest BCUT2D eigenvalue weighted by Gasteiger charge is 2.39. The zero-order valence-electron chi connectivity index (χ0n) is 20.4. The van der Waals surface area contributed by atoms with Crippen molar-refractivity contribution in [3.8, 4) is 5.75 Å². The van der Waals surface area contributed by atoms with E-state index in [1.807, 2.05) is 84.9 Å². The summed E-state index contributed by atoms with van der Waals surface area (Å²) in [5.74, 6) is 2.26. The van der Waals surface area contributed by atoms with Gasteiger partial charge in [-0.05, 0) is 54.6 Å². The molecular weight excluding hydrogens is 472 g/mol. The number of ether oxygens (including phenoxy) is 1. The van der Waals surface area contributed by atoms with Gasteiger partial charge in [-0.15, -0.1) is 0 Å². The van der Waals surface area contributed by atoms with Crippen LogP contribution in [-0.4, -0.2) is 34.2 Å². The van der Waals surface area contributed by atoms with Crippen LogP contribution in [0.5, 0.6) is 5.75 Å². The van der Waals surface area contributed by atoms with Crippen molar-refractivity contribution in [1.82, 2.24) is 9.88 Å². The van der Waals surface area contributed by atoms with Crippen molar-refractivity contribution in [2.45, 2.75) is 38.0 Å². The molecule has 0 radical (unpaired) electrons. The molecule has 1 N–H and O–H groups in total. The van der Waals surface area contributed by atoms with Gasteiger partial charge in [0.25, 0.3) is 0 Å². The van der Waals surface area contributed by atoms with Crippen molar-refractivity contribution >= 4 is 11.6 Å². The number of piperidine rings is 1. The Morgan fingerprint density at radius 3 is 2.36 bits per heavy atom. The highest BCUT2D eigenvalue weighted by Crippen LogP contribution is 2.36. The predicted octanol–water partition coefficient (Wildman–Crippen LogP) is 6.29. The summed E-state index contributed by atoms with van der Waals surface area (Å²) < 4.78 is 12.6. The van der Waals surface area contributed by atoms with Gasteiger partial charge < -0.3 is 14.3 Å². The first kappa shape index (κ1) is 24.6. The fraction of sp³-hybridized carbons (Fsp3) is 0.300. The number of aliphatic hydroxyl groups is 1. The molecule has 0 aliphatic carbocycles. The summed E-state index contributed by atoms with van der Waals surface area (Å²) in [6.07, 6.45) is 3.90. The second-order valence-electron chi connectivity index (χ2n) is 9.38. The van der Waals surface area contributed by atoms with E-state index in [1.54, 1.807) is 6.20 Å². The predicted molar refractivity (Wildman–Crippen MR) is 141 cm³/mol. The Labute approximate surface area is 217 Å². The second-order valence-corrected chi connectivity index (χ2v) is 9.82. The van der Waals surface area contributed by atoms with Crippen molar-refractivity contribution in [3.05, 3.63) is 119 Å². The van der Waals surface area contributed by atoms with Gasteiger partial charge in [-0.2, -0.15) is 0 Å². The standard InChI is InChI=1S/C30H31ClN2O3/c1-2-22-16-17-33(21-28(22)35-26-15-9-14-25(31)18-26)20-27-19-32-29(36-27)30(34,23-10-5-3-6-11-23)24-12-7-4-8-13-24/h3-15,18-19,22,28,34H,2,16-17,20-21H2,1H3. The minimum atomic E-state index is -1.48. The van der Waals surface area contributed by atoms with Gasteiger partial charge in [0.05, 0.1) is 12.7 Å². The van der Waals surface area contributed by atoms with E-state index in [0.29, 0.717) is 34.4 Å². The summed E-state index contributed by atoms with van der Waals surface area (Å²) in [6, 6.07) is 26.6. The van der Waals surface area contributed by atoms with Gasteiger partial charge >= 0.3 is 0 Å². The van der Waals surface area contributed by atoms with E-state index in [-0.39, 0.29) is 12.0 Å². The fourth-order valence-corrected chi connectivity index (χ4v) is 5.21. The Bertz CT molecular complexity index is 1220. The Morgan fingerprint density at radius 1 is 1.03 bits per heavy atom. The maximum absolute atomic E-state index is 11.9. The second kappa shape index (κ2) is 10.9. The summed E-state index contributed by atoms with van der Waals surface area (Å²) in [5, 5.41) is 12.6. The molecule has 0 spiro atoms. The minimum absolute atomic E-state index is 0.0650. The average Bonchev–Trinajstić information content (AvgIpc) is 3.38. The number of oxazole rings is 1. The molecule has 1 aliphatic heterocycles. The zero-order chi connectivity index (χ0) is 25.0. The molecular formula is C30H31ClN2O3. The fourth-order valence-electron chi connectivity index (χ4n) is 5.03. The van der Waals surface area contributed by atoms with E-state index in [0.717, 1.165) is 31.7 Å². The molecule has 5 rings (SSSR count). The zero-order valence-corrected chi connectivity index (χ0v) is 21.1. The molecule has 0 bridgehead atoms. The van der Waals surface area contributed by atoms with Crippen LogP contribution in [0.25, 0.3) is 0 Å². The van der Waals surface area contributed by atoms with E-state index in [9.17, 15) is 5.11 Å². The van der Waals surface area contributed by atoms with Crippen LogP contribution in [0, 0.1) is 5.92 Å². The first-order valence-electron chi connectivity index (χ1n) is 12.5. The molecule has 0 amide bonds. The van der Waals surface area contributed by atoms with E-state index >= 15 is 0 Å². The number of aromatic nitrogens is 1. The Hall–Kier alpha value is -3.12. The normalized spacial score (nSPS) is 18.8. The number of likely N-dealkylation sites (tertiary alicyclic amines) is 1. The number of hydrogen-bond acceptors (Lipinski definition) is 5. The van der Waals surface area contributed by atoms with E-state index < -0.39 is 5.60 Å². The maximum Gasteiger partial charge on any atom is 0.236 e. The van der Waals surface area contributed by atoms with Crippen LogP contribution < -0.4 is 4.74 Å². The average molecular weight is 503 g/mol. The molecule has 2 heterocycles. The van der Waals surface area contributed by atoms with Crippen LogP contribution in [-0.2, 0) is 12.1 Å². The topological polar surface area (TPSA) is 58.7 Å². The molecule has 2 unspecified atom stereocenters. The summed E-state index contributed by atoms with van der Waals surface area (Å²) in [5.41, 5.74) is -0.0551. The molecule has 1 fully saturated rings. The highest BCUT2D eigenvalue weighted by molar-refractivity contribution is 6.30. The van der Waals surface area contributed by atoms with Gasteiger partial charge in [0.2, 0.25) is 5.89 Å². The van der Waals surface area contributed by atoms with Crippen molar-refractivity contribution in [1.29, 1.82) is 0 Å². The first-order chi connectivity index (χ1) is 17.6. The van der Waals surface area contributed by atoms with E-state index in [2.05, 4.69) is 16.8 Å². The maximum atomic E-state index is 11.9. The summed E-state index contributed by atoms with van der Waals surface area (Å²) in [6.45, 7) is 4.54. The number of benzene rings is 3. The van der Waals surface area contributed by atoms with Crippen LogP contribution in [0.2, 0.25) is 5.02 Å². The third-order valence-electron chi connectivity index (χ3n) is 7.01. The number of rotatable bonds is 8. The van der Waals surface area contributed by atoms with Gasteiger partial charge in [-0.3, -0.25) is 4.90 Å². The molecule has 4 aromatic rings. The van der Waals surface area contributed by atoms with Gasteiger partial charge in [0, 0.05) is 11.6 Å². The molecule has 0 saturated carbocycles. The Kier molecular flexibility index (Phi) is 7.42. The Morgan fingerprint density at radius 2 is 1.72 bits per heavy atom. The van der Waals surface area contributed by atoms with Crippen LogP contribution in [0.4, 0.5) is 0 Å². The molecule has 186 valence electrons. The molecule has 1 aliphatic rings. The number of nitrogens with zero attached hydrogens (tertiary/aromatic N) is 2. The monoisotopic (exact) mass is 502 g/mol. The van der Waals surface area contributed by atoms with Crippen LogP contribution in [0.3, 0.4) is 0 Å². The molecule has 1 saturated heterocycles. The van der Waals surface area contributed by atoms with E-state index in [1.165, 1.54) is 0 Å². The lowest BCUT2D eigenvalue weighted by Crippen LogP contribution is -2.46. The summed E-state index contributed by atoms with van der Waals surface area (Å²) in [7, 11) is 0.